The summed E-state index contributed by atoms with van der Waals surface area (Å²) in [5, 5.41) is 0. The van der Waals surface area contributed by atoms with Crippen molar-refractivity contribution in [2.24, 2.45) is 0 Å². The van der Waals surface area contributed by atoms with E-state index >= 15 is 0 Å². The Morgan fingerprint density at radius 3 is 2.67 bits per heavy atom. The Labute approximate surface area is 107 Å². The van der Waals surface area contributed by atoms with Crippen LogP contribution in [0.25, 0.3) is 0 Å². The van der Waals surface area contributed by atoms with Crippen molar-refractivity contribution >= 4 is 11.5 Å². The molecule has 1 aromatic carbocycles. The highest BCUT2D eigenvalue weighted by Crippen LogP contribution is 2.22. The minimum Gasteiger partial charge on any atom is -0.467 e. The molecule has 0 spiro atoms. The van der Waals surface area contributed by atoms with Gasteiger partial charge in [-0.2, -0.15) is 0 Å². The molecule has 2 rings (SSSR count). The van der Waals surface area contributed by atoms with Gasteiger partial charge in [-0.05, 0) is 24.3 Å². The number of hydrogen-bond acceptors (Lipinski definition) is 3. The number of rotatable bonds is 5. The maximum absolute atomic E-state index is 11.9. The molecule has 1 heterocycles. The Hall–Kier alpha value is -2.03. The Bertz CT molecular complexity index is 517. The van der Waals surface area contributed by atoms with E-state index in [0.717, 1.165) is 17.0 Å². The molecule has 3 heteroatoms. The Morgan fingerprint density at radius 2 is 2.00 bits per heavy atom. The molecule has 3 nitrogen and oxygen atoms in total. The number of hydrogen-bond donors (Lipinski definition) is 0. The quantitative estimate of drug-likeness (QED) is 0.753. The van der Waals surface area contributed by atoms with Crippen LogP contribution in [-0.4, -0.2) is 12.8 Å². The third-order valence-corrected chi connectivity index (χ3v) is 2.91. The summed E-state index contributed by atoms with van der Waals surface area (Å²) in [6, 6.07) is 11.5. The van der Waals surface area contributed by atoms with E-state index in [4.69, 9.17) is 4.42 Å². The fourth-order valence-electron chi connectivity index (χ4n) is 1.95. The van der Waals surface area contributed by atoms with Crippen molar-refractivity contribution in [3.05, 3.63) is 54.0 Å². The van der Waals surface area contributed by atoms with Gasteiger partial charge in [0, 0.05) is 24.7 Å². The molecule has 0 radical (unpaired) electrons. The SMILES string of the molecule is CCC(=O)c1ccccc1N(C)Cc1ccco1. The van der Waals surface area contributed by atoms with E-state index in [1.54, 1.807) is 6.26 Å². The summed E-state index contributed by atoms with van der Waals surface area (Å²) >= 11 is 0. The second-order valence-electron chi connectivity index (χ2n) is 4.23. The van der Waals surface area contributed by atoms with Crippen LogP contribution in [0.5, 0.6) is 0 Å². The highest BCUT2D eigenvalue weighted by Gasteiger charge is 2.13. The Morgan fingerprint density at radius 1 is 1.22 bits per heavy atom. The average molecular weight is 243 g/mol. The van der Waals surface area contributed by atoms with Crippen LogP contribution in [0.4, 0.5) is 5.69 Å². The molecule has 0 bridgehead atoms. The number of ketones is 1. The van der Waals surface area contributed by atoms with Crippen LogP contribution in [0, 0.1) is 0 Å². The monoisotopic (exact) mass is 243 g/mol. The van der Waals surface area contributed by atoms with Crippen molar-refractivity contribution in [2.75, 3.05) is 11.9 Å². The summed E-state index contributed by atoms with van der Waals surface area (Å²) in [5.41, 5.74) is 1.72. The standard InChI is InChI=1S/C15H17NO2/c1-3-15(17)13-8-4-5-9-14(13)16(2)11-12-7-6-10-18-12/h4-10H,3,11H2,1-2H3. The number of furan rings is 1. The van der Waals surface area contributed by atoms with Crippen LogP contribution < -0.4 is 4.90 Å². The maximum Gasteiger partial charge on any atom is 0.164 e. The lowest BCUT2D eigenvalue weighted by Crippen LogP contribution is -2.18. The first-order chi connectivity index (χ1) is 8.72. The number of para-hydroxylation sites is 1. The average Bonchev–Trinajstić information content (AvgIpc) is 2.90. The number of Topliss-reactive ketones (excluding diaryl/α,β-unsaturated/α-hetero) is 1. The van der Waals surface area contributed by atoms with Gasteiger partial charge in [0.25, 0.3) is 0 Å². The summed E-state index contributed by atoms with van der Waals surface area (Å²) in [7, 11) is 1.96. The molecule has 0 fully saturated rings. The zero-order chi connectivity index (χ0) is 13.0. The van der Waals surface area contributed by atoms with Crippen LogP contribution >= 0.6 is 0 Å². The first-order valence-corrected chi connectivity index (χ1v) is 6.08. The molecule has 18 heavy (non-hydrogen) atoms. The summed E-state index contributed by atoms with van der Waals surface area (Å²) in [5.74, 6) is 1.05. The lowest BCUT2D eigenvalue weighted by Gasteiger charge is -2.20. The third-order valence-electron chi connectivity index (χ3n) is 2.91. The molecule has 0 saturated carbocycles. The van der Waals surface area contributed by atoms with Crippen molar-refractivity contribution in [1.82, 2.24) is 0 Å². The van der Waals surface area contributed by atoms with Crippen LogP contribution in [0.3, 0.4) is 0 Å². The van der Waals surface area contributed by atoms with Gasteiger partial charge in [-0.25, -0.2) is 0 Å². The van der Waals surface area contributed by atoms with E-state index in [1.165, 1.54) is 0 Å². The summed E-state index contributed by atoms with van der Waals surface area (Å²) < 4.78 is 5.33. The number of anilines is 1. The van der Waals surface area contributed by atoms with Crippen LogP contribution in [-0.2, 0) is 6.54 Å². The molecule has 94 valence electrons. The van der Waals surface area contributed by atoms with Crippen LogP contribution in [0.2, 0.25) is 0 Å². The highest BCUT2D eigenvalue weighted by molar-refractivity contribution is 6.01. The van der Waals surface area contributed by atoms with E-state index in [-0.39, 0.29) is 5.78 Å². The van der Waals surface area contributed by atoms with Crippen molar-refractivity contribution in [3.63, 3.8) is 0 Å². The molecule has 0 amide bonds. The molecule has 2 aromatic rings. The molecule has 0 saturated heterocycles. The molecule has 1 aromatic heterocycles. The number of carbonyl (C=O) groups is 1. The largest absolute Gasteiger partial charge is 0.467 e. The first-order valence-electron chi connectivity index (χ1n) is 6.08. The maximum atomic E-state index is 11.9. The zero-order valence-corrected chi connectivity index (χ0v) is 10.7. The number of nitrogens with zero attached hydrogens (tertiary/aromatic N) is 1. The fraction of sp³-hybridized carbons (Fsp3) is 0.267. The normalized spacial score (nSPS) is 10.3. The summed E-state index contributed by atoms with van der Waals surface area (Å²) in [4.78, 5) is 13.9. The van der Waals surface area contributed by atoms with E-state index in [2.05, 4.69) is 0 Å². The minimum absolute atomic E-state index is 0.164. The van der Waals surface area contributed by atoms with Crippen LogP contribution in [0.15, 0.2) is 47.1 Å². The minimum atomic E-state index is 0.164. The van der Waals surface area contributed by atoms with Gasteiger partial charge >= 0.3 is 0 Å². The lowest BCUT2D eigenvalue weighted by atomic mass is 10.1. The van der Waals surface area contributed by atoms with Crippen molar-refractivity contribution in [2.45, 2.75) is 19.9 Å². The summed E-state index contributed by atoms with van der Waals surface area (Å²) in [6.45, 7) is 2.53. The smallest absolute Gasteiger partial charge is 0.164 e. The molecule has 0 atom stereocenters. The van der Waals surface area contributed by atoms with Gasteiger partial charge < -0.3 is 9.32 Å². The van der Waals surface area contributed by atoms with Crippen molar-refractivity contribution in [3.8, 4) is 0 Å². The molecule has 0 N–H and O–H groups in total. The first kappa shape index (κ1) is 12.4. The predicted octanol–water partition coefficient (Wildman–Crippen LogP) is 3.51. The second kappa shape index (κ2) is 5.54. The van der Waals surface area contributed by atoms with Gasteiger partial charge in [0.1, 0.15) is 5.76 Å². The van der Waals surface area contributed by atoms with Gasteiger partial charge in [0.05, 0.1) is 12.8 Å². The molecule has 0 unspecified atom stereocenters. The highest BCUT2D eigenvalue weighted by atomic mass is 16.3. The van der Waals surface area contributed by atoms with E-state index in [0.29, 0.717) is 13.0 Å². The Kier molecular flexibility index (Phi) is 3.82. The second-order valence-corrected chi connectivity index (χ2v) is 4.23. The fourth-order valence-corrected chi connectivity index (χ4v) is 1.95. The van der Waals surface area contributed by atoms with Gasteiger partial charge in [-0.3, -0.25) is 4.79 Å². The molecule has 0 aliphatic heterocycles. The number of carbonyl (C=O) groups excluding carboxylic acids is 1. The topological polar surface area (TPSA) is 33.5 Å². The molecule has 0 aliphatic carbocycles. The van der Waals surface area contributed by atoms with E-state index < -0.39 is 0 Å². The predicted molar refractivity (Wildman–Crippen MR) is 71.9 cm³/mol. The van der Waals surface area contributed by atoms with E-state index in [9.17, 15) is 4.79 Å². The van der Waals surface area contributed by atoms with Gasteiger partial charge in [0.15, 0.2) is 5.78 Å². The molecular formula is C15H17NO2. The zero-order valence-electron chi connectivity index (χ0n) is 10.7. The molecular weight excluding hydrogens is 226 g/mol. The van der Waals surface area contributed by atoms with Gasteiger partial charge in [-0.15, -0.1) is 0 Å². The van der Waals surface area contributed by atoms with Crippen LogP contribution in [0.1, 0.15) is 29.5 Å². The van der Waals surface area contributed by atoms with Gasteiger partial charge in [-0.1, -0.05) is 19.1 Å². The third kappa shape index (κ3) is 2.62. The van der Waals surface area contributed by atoms with E-state index in [1.807, 2.05) is 55.3 Å². The summed E-state index contributed by atoms with van der Waals surface area (Å²) in [6.07, 6.45) is 2.18. The lowest BCUT2D eigenvalue weighted by molar-refractivity contribution is 0.0988. The Balaban J connectivity index is 2.24. The van der Waals surface area contributed by atoms with Gasteiger partial charge in [0.2, 0.25) is 0 Å². The van der Waals surface area contributed by atoms with Crippen molar-refractivity contribution < 1.29 is 9.21 Å². The molecule has 0 aliphatic rings. The number of benzene rings is 1. The van der Waals surface area contributed by atoms with Crippen molar-refractivity contribution in [1.29, 1.82) is 0 Å².